The molecular formula is C19H14N4O4. The van der Waals surface area contributed by atoms with Gasteiger partial charge < -0.3 is 10.6 Å². The number of hydrogen-bond donors (Lipinski definition) is 2. The molecule has 0 unspecified atom stereocenters. The Bertz CT molecular complexity index is 988. The van der Waals surface area contributed by atoms with E-state index in [1.807, 2.05) is 0 Å². The molecule has 2 amide bonds. The minimum atomic E-state index is -0.610. The highest BCUT2D eigenvalue weighted by Crippen LogP contribution is 2.20. The van der Waals surface area contributed by atoms with E-state index in [0.717, 1.165) is 0 Å². The number of anilines is 2. The van der Waals surface area contributed by atoms with Crippen molar-refractivity contribution in [2.24, 2.45) is 0 Å². The molecule has 0 spiro atoms. The van der Waals surface area contributed by atoms with E-state index in [9.17, 15) is 19.7 Å². The molecule has 8 heteroatoms. The van der Waals surface area contributed by atoms with E-state index < -0.39 is 10.8 Å². The monoisotopic (exact) mass is 362 g/mol. The van der Waals surface area contributed by atoms with Crippen molar-refractivity contribution in [3.63, 3.8) is 0 Å². The van der Waals surface area contributed by atoms with E-state index in [1.165, 1.54) is 24.4 Å². The van der Waals surface area contributed by atoms with Gasteiger partial charge in [0.25, 0.3) is 17.5 Å². The summed E-state index contributed by atoms with van der Waals surface area (Å²) in [5.74, 6) is -0.922. The van der Waals surface area contributed by atoms with E-state index in [0.29, 0.717) is 16.9 Å². The number of para-hydroxylation sites is 1. The molecule has 134 valence electrons. The molecule has 0 aliphatic heterocycles. The molecule has 1 heterocycles. The summed E-state index contributed by atoms with van der Waals surface area (Å²) < 4.78 is 0. The largest absolute Gasteiger partial charge is 0.322 e. The lowest BCUT2D eigenvalue weighted by Crippen LogP contribution is -2.15. The quantitative estimate of drug-likeness (QED) is 0.532. The van der Waals surface area contributed by atoms with Crippen LogP contribution in [-0.4, -0.2) is 21.7 Å². The molecule has 8 nitrogen and oxygen atoms in total. The molecule has 0 bridgehead atoms. The fourth-order valence-electron chi connectivity index (χ4n) is 2.37. The van der Waals surface area contributed by atoms with Gasteiger partial charge in [0.2, 0.25) is 0 Å². The summed E-state index contributed by atoms with van der Waals surface area (Å²) in [7, 11) is 0. The molecule has 0 saturated heterocycles. The Hall–Kier alpha value is -4.07. The normalized spacial score (nSPS) is 10.1. The van der Waals surface area contributed by atoms with Gasteiger partial charge in [0.1, 0.15) is 5.56 Å². The Balaban J connectivity index is 1.70. The highest BCUT2D eigenvalue weighted by atomic mass is 16.6. The molecule has 27 heavy (non-hydrogen) atoms. The zero-order valence-corrected chi connectivity index (χ0v) is 14.0. The summed E-state index contributed by atoms with van der Waals surface area (Å²) in [6, 6.07) is 15.3. The zero-order valence-electron chi connectivity index (χ0n) is 14.0. The average Bonchev–Trinajstić information content (AvgIpc) is 2.69. The van der Waals surface area contributed by atoms with Crippen LogP contribution >= 0.6 is 0 Å². The van der Waals surface area contributed by atoms with Crippen LogP contribution in [0.2, 0.25) is 0 Å². The Morgan fingerprint density at radius 1 is 0.852 bits per heavy atom. The number of nitrogens with one attached hydrogen (secondary N) is 2. The van der Waals surface area contributed by atoms with Crippen LogP contribution in [0.25, 0.3) is 0 Å². The summed E-state index contributed by atoms with van der Waals surface area (Å²) >= 11 is 0. The molecule has 0 aliphatic carbocycles. The molecule has 0 fully saturated rings. The first-order chi connectivity index (χ1) is 13.0. The van der Waals surface area contributed by atoms with Crippen molar-refractivity contribution in [2.75, 3.05) is 10.6 Å². The summed E-state index contributed by atoms with van der Waals surface area (Å²) in [5.41, 5.74) is 1.05. The summed E-state index contributed by atoms with van der Waals surface area (Å²) in [5, 5.41) is 16.3. The molecule has 0 saturated carbocycles. The number of nitro groups is 1. The molecule has 3 rings (SSSR count). The van der Waals surface area contributed by atoms with Gasteiger partial charge in [-0.15, -0.1) is 0 Å². The second-order valence-electron chi connectivity index (χ2n) is 5.50. The maximum atomic E-state index is 12.3. The third kappa shape index (κ3) is 4.31. The van der Waals surface area contributed by atoms with Crippen LogP contribution in [0.3, 0.4) is 0 Å². The molecule has 3 aromatic rings. The van der Waals surface area contributed by atoms with Gasteiger partial charge in [-0.3, -0.25) is 24.7 Å². The first-order valence-corrected chi connectivity index (χ1v) is 7.91. The first kappa shape index (κ1) is 17.7. The number of benzene rings is 2. The van der Waals surface area contributed by atoms with Gasteiger partial charge in [-0.2, -0.15) is 0 Å². The number of pyridine rings is 1. The SMILES string of the molecule is O=C(Nc1cccnc1)c1ccc(NC(=O)c2ccccc2[N+](=O)[O-])cc1. The maximum absolute atomic E-state index is 12.3. The fraction of sp³-hybridized carbons (Fsp3) is 0. The van der Waals surface area contributed by atoms with Crippen LogP contribution in [0.4, 0.5) is 17.1 Å². The van der Waals surface area contributed by atoms with E-state index in [2.05, 4.69) is 15.6 Å². The van der Waals surface area contributed by atoms with E-state index >= 15 is 0 Å². The molecule has 2 N–H and O–H groups in total. The summed E-state index contributed by atoms with van der Waals surface area (Å²) in [6.45, 7) is 0. The minimum Gasteiger partial charge on any atom is -0.322 e. The molecule has 0 aliphatic rings. The van der Waals surface area contributed by atoms with Crippen molar-refractivity contribution in [2.45, 2.75) is 0 Å². The van der Waals surface area contributed by atoms with Gasteiger partial charge >= 0.3 is 0 Å². The Kier molecular flexibility index (Phi) is 5.17. The van der Waals surface area contributed by atoms with Crippen LogP contribution in [-0.2, 0) is 0 Å². The Morgan fingerprint density at radius 3 is 2.22 bits per heavy atom. The van der Waals surface area contributed by atoms with Gasteiger partial charge in [-0.05, 0) is 42.5 Å². The molecule has 0 radical (unpaired) electrons. The summed E-state index contributed by atoms with van der Waals surface area (Å²) in [4.78, 5) is 38.8. The predicted octanol–water partition coefficient (Wildman–Crippen LogP) is 3.49. The van der Waals surface area contributed by atoms with Crippen LogP contribution in [0, 0.1) is 10.1 Å². The van der Waals surface area contributed by atoms with Gasteiger partial charge in [-0.1, -0.05) is 12.1 Å². The average molecular weight is 362 g/mol. The number of nitrogens with zero attached hydrogens (tertiary/aromatic N) is 2. The summed E-state index contributed by atoms with van der Waals surface area (Å²) in [6.07, 6.45) is 3.13. The fourth-order valence-corrected chi connectivity index (χ4v) is 2.37. The lowest BCUT2D eigenvalue weighted by atomic mass is 10.1. The van der Waals surface area contributed by atoms with Gasteiger partial charge in [0, 0.05) is 23.5 Å². The minimum absolute atomic E-state index is 0.0408. The number of hydrogen-bond acceptors (Lipinski definition) is 5. The lowest BCUT2D eigenvalue weighted by Gasteiger charge is -2.08. The number of carbonyl (C=O) groups excluding carboxylic acids is 2. The number of nitro benzene ring substituents is 1. The zero-order chi connectivity index (χ0) is 19.2. The second-order valence-corrected chi connectivity index (χ2v) is 5.50. The Labute approximate surface area is 154 Å². The maximum Gasteiger partial charge on any atom is 0.282 e. The number of aromatic nitrogens is 1. The van der Waals surface area contributed by atoms with Crippen LogP contribution in [0.1, 0.15) is 20.7 Å². The van der Waals surface area contributed by atoms with E-state index in [-0.39, 0.29) is 17.2 Å². The topological polar surface area (TPSA) is 114 Å². The smallest absolute Gasteiger partial charge is 0.282 e. The third-order valence-electron chi connectivity index (χ3n) is 3.67. The van der Waals surface area contributed by atoms with Crippen LogP contribution in [0.5, 0.6) is 0 Å². The predicted molar refractivity (Wildman–Crippen MR) is 99.7 cm³/mol. The van der Waals surface area contributed by atoms with E-state index in [4.69, 9.17) is 0 Å². The number of amides is 2. The van der Waals surface area contributed by atoms with Gasteiger partial charge in [-0.25, -0.2) is 0 Å². The Morgan fingerprint density at radius 2 is 1.56 bits per heavy atom. The molecule has 1 aromatic heterocycles. The van der Waals surface area contributed by atoms with Crippen LogP contribution < -0.4 is 10.6 Å². The number of rotatable bonds is 5. The van der Waals surface area contributed by atoms with Gasteiger partial charge in [0.15, 0.2) is 0 Å². The van der Waals surface area contributed by atoms with Crippen molar-refractivity contribution in [1.29, 1.82) is 0 Å². The van der Waals surface area contributed by atoms with Crippen molar-refractivity contribution in [3.8, 4) is 0 Å². The van der Waals surface area contributed by atoms with Crippen LogP contribution in [0.15, 0.2) is 73.1 Å². The second kappa shape index (κ2) is 7.87. The van der Waals surface area contributed by atoms with Crippen molar-refractivity contribution in [1.82, 2.24) is 4.98 Å². The molecule has 0 atom stereocenters. The lowest BCUT2D eigenvalue weighted by molar-refractivity contribution is -0.385. The third-order valence-corrected chi connectivity index (χ3v) is 3.67. The van der Waals surface area contributed by atoms with E-state index in [1.54, 1.807) is 48.7 Å². The first-order valence-electron chi connectivity index (χ1n) is 7.91. The number of carbonyl (C=O) groups is 2. The highest BCUT2D eigenvalue weighted by molar-refractivity contribution is 6.08. The molecule has 2 aromatic carbocycles. The standard InChI is InChI=1S/C19H14N4O4/c24-18(22-15-4-3-11-20-12-15)13-7-9-14(10-8-13)21-19(25)16-5-1-2-6-17(16)23(26)27/h1-12H,(H,21,25)(H,22,24). The van der Waals surface area contributed by atoms with Crippen molar-refractivity contribution < 1.29 is 14.5 Å². The molecular weight excluding hydrogens is 348 g/mol. The van der Waals surface area contributed by atoms with Gasteiger partial charge in [0.05, 0.1) is 16.8 Å². The van der Waals surface area contributed by atoms with Crippen molar-refractivity contribution in [3.05, 3.63) is 94.3 Å². The highest BCUT2D eigenvalue weighted by Gasteiger charge is 2.19. The van der Waals surface area contributed by atoms with Crippen molar-refractivity contribution >= 4 is 28.9 Å².